The van der Waals surface area contributed by atoms with Gasteiger partial charge in [-0.15, -0.1) is 0 Å². The fourth-order valence-corrected chi connectivity index (χ4v) is 1.07. The standard InChI is InChI=1S/C11H18O/c1-6-8(2)11(5)9(3)7-10(4)12/h2,6-7H2,1,3-5H3. The Labute approximate surface area is 75.2 Å². The first-order valence-electron chi connectivity index (χ1n) is 4.33. The van der Waals surface area contributed by atoms with E-state index < -0.39 is 0 Å². The largest absolute Gasteiger partial charge is 0.300 e. The van der Waals surface area contributed by atoms with Gasteiger partial charge >= 0.3 is 0 Å². The normalized spacial score (nSPS) is 12.3. The van der Waals surface area contributed by atoms with Gasteiger partial charge in [-0.3, -0.25) is 4.79 Å². The Morgan fingerprint density at radius 2 is 1.75 bits per heavy atom. The molecule has 0 aliphatic carbocycles. The molecule has 0 N–H and O–H groups in total. The lowest BCUT2D eigenvalue weighted by Gasteiger charge is -2.07. The molecule has 12 heavy (non-hydrogen) atoms. The molecule has 0 rings (SSSR count). The highest BCUT2D eigenvalue weighted by atomic mass is 16.1. The molecule has 0 aromatic rings. The lowest BCUT2D eigenvalue weighted by Crippen LogP contribution is -1.94. The Balaban J connectivity index is 4.46. The molecule has 0 unspecified atom stereocenters. The van der Waals surface area contributed by atoms with Gasteiger partial charge in [-0.2, -0.15) is 0 Å². The average molecular weight is 166 g/mol. The molecule has 68 valence electrons. The van der Waals surface area contributed by atoms with Gasteiger partial charge in [0.1, 0.15) is 5.78 Å². The average Bonchev–Trinajstić information content (AvgIpc) is 2.00. The minimum atomic E-state index is 0.218. The Hall–Kier alpha value is -0.850. The smallest absolute Gasteiger partial charge is 0.133 e. The van der Waals surface area contributed by atoms with Crippen LogP contribution < -0.4 is 0 Å². The minimum Gasteiger partial charge on any atom is -0.300 e. The zero-order valence-corrected chi connectivity index (χ0v) is 8.53. The number of hydrogen-bond acceptors (Lipinski definition) is 1. The van der Waals surface area contributed by atoms with E-state index >= 15 is 0 Å². The van der Waals surface area contributed by atoms with Crippen molar-refractivity contribution < 1.29 is 4.79 Å². The predicted molar refractivity (Wildman–Crippen MR) is 53.1 cm³/mol. The van der Waals surface area contributed by atoms with Crippen molar-refractivity contribution in [3.8, 4) is 0 Å². The van der Waals surface area contributed by atoms with E-state index in [2.05, 4.69) is 13.5 Å². The summed E-state index contributed by atoms with van der Waals surface area (Å²) in [6.07, 6.45) is 1.52. The van der Waals surface area contributed by atoms with Crippen molar-refractivity contribution in [1.29, 1.82) is 0 Å². The van der Waals surface area contributed by atoms with Gasteiger partial charge in [-0.1, -0.05) is 24.6 Å². The third-order valence-corrected chi connectivity index (χ3v) is 2.11. The van der Waals surface area contributed by atoms with Crippen molar-refractivity contribution in [2.24, 2.45) is 0 Å². The van der Waals surface area contributed by atoms with Crippen molar-refractivity contribution in [3.63, 3.8) is 0 Å². The highest BCUT2D eigenvalue weighted by Crippen LogP contribution is 2.17. The van der Waals surface area contributed by atoms with E-state index in [1.165, 1.54) is 5.57 Å². The van der Waals surface area contributed by atoms with Crippen molar-refractivity contribution in [1.82, 2.24) is 0 Å². The van der Waals surface area contributed by atoms with E-state index in [1.54, 1.807) is 6.92 Å². The van der Waals surface area contributed by atoms with Gasteiger partial charge in [0.2, 0.25) is 0 Å². The van der Waals surface area contributed by atoms with E-state index in [9.17, 15) is 4.79 Å². The summed E-state index contributed by atoms with van der Waals surface area (Å²) in [5, 5.41) is 0. The molecule has 1 nitrogen and oxygen atoms in total. The zero-order valence-electron chi connectivity index (χ0n) is 8.53. The molecule has 0 amide bonds. The van der Waals surface area contributed by atoms with Crippen molar-refractivity contribution in [2.45, 2.75) is 40.5 Å². The Morgan fingerprint density at radius 3 is 2.08 bits per heavy atom. The number of allylic oxidation sites excluding steroid dienone is 3. The first-order chi connectivity index (χ1) is 5.49. The summed E-state index contributed by atoms with van der Waals surface area (Å²) in [5.41, 5.74) is 3.47. The van der Waals surface area contributed by atoms with Crippen LogP contribution in [0.3, 0.4) is 0 Å². The quantitative estimate of drug-likeness (QED) is 0.586. The summed E-state index contributed by atoms with van der Waals surface area (Å²) in [5.74, 6) is 0.218. The maximum atomic E-state index is 10.8. The Morgan fingerprint density at radius 1 is 1.25 bits per heavy atom. The topological polar surface area (TPSA) is 17.1 Å². The summed E-state index contributed by atoms with van der Waals surface area (Å²) in [6.45, 7) is 11.7. The van der Waals surface area contributed by atoms with Crippen LogP contribution >= 0.6 is 0 Å². The summed E-state index contributed by atoms with van der Waals surface area (Å²) in [6, 6.07) is 0. The first kappa shape index (κ1) is 11.2. The van der Waals surface area contributed by atoms with Crippen molar-refractivity contribution in [3.05, 3.63) is 23.3 Å². The molecule has 1 heteroatoms. The molecule has 0 spiro atoms. The number of carbonyl (C=O) groups is 1. The Kier molecular flexibility index (Phi) is 4.57. The lowest BCUT2D eigenvalue weighted by atomic mass is 9.99. The summed E-state index contributed by atoms with van der Waals surface area (Å²) in [7, 11) is 0. The molecular formula is C11H18O. The van der Waals surface area contributed by atoms with Crippen LogP contribution in [-0.2, 0) is 4.79 Å². The second-order valence-corrected chi connectivity index (χ2v) is 3.24. The van der Waals surface area contributed by atoms with Crippen LogP contribution in [-0.4, -0.2) is 5.78 Å². The molecule has 0 aliphatic heterocycles. The molecule has 0 aliphatic rings. The van der Waals surface area contributed by atoms with Crippen molar-refractivity contribution in [2.75, 3.05) is 0 Å². The molecule has 0 atom stereocenters. The monoisotopic (exact) mass is 166 g/mol. The predicted octanol–water partition coefficient (Wildman–Crippen LogP) is 3.27. The molecular weight excluding hydrogens is 148 g/mol. The second kappa shape index (κ2) is 4.91. The van der Waals surface area contributed by atoms with E-state index in [-0.39, 0.29) is 5.78 Å². The van der Waals surface area contributed by atoms with Crippen LogP contribution in [0, 0.1) is 0 Å². The van der Waals surface area contributed by atoms with E-state index in [1.807, 2.05) is 13.8 Å². The van der Waals surface area contributed by atoms with E-state index in [0.29, 0.717) is 6.42 Å². The van der Waals surface area contributed by atoms with Crippen LogP contribution in [0.15, 0.2) is 23.3 Å². The van der Waals surface area contributed by atoms with Crippen LogP contribution in [0.25, 0.3) is 0 Å². The molecule has 0 fully saturated rings. The SMILES string of the molecule is C=C(CC)C(C)=C(C)CC(C)=O. The van der Waals surface area contributed by atoms with E-state index in [0.717, 1.165) is 17.6 Å². The van der Waals surface area contributed by atoms with Gasteiger partial charge in [0, 0.05) is 6.42 Å². The molecule has 0 bridgehead atoms. The second-order valence-electron chi connectivity index (χ2n) is 3.24. The van der Waals surface area contributed by atoms with E-state index in [4.69, 9.17) is 0 Å². The third-order valence-electron chi connectivity index (χ3n) is 2.11. The fraction of sp³-hybridized carbons (Fsp3) is 0.545. The first-order valence-corrected chi connectivity index (χ1v) is 4.33. The van der Waals surface area contributed by atoms with Crippen LogP contribution in [0.2, 0.25) is 0 Å². The summed E-state index contributed by atoms with van der Waals surface area (Å²) >= 11 is 0. The third kappa shape index (κ3) is 3.51. The number of Topliss-reactive ketones (excluding diaryl/α,β-unsaturated/α-hetero) is 1. The number of carbonyl (C=O) groups excluding carboxylic acids is 1. The molecule has 0 heterocycles. The lowest BCUT2D eigenvalue weighted by molar-refractivity contribution is -0.116. The van der Waals surface area contributed by atoms with Gasteiger partial charge < -0.3 is 0 Å². The highest BCUT2D eigenvalue weighted by molar-refractivity contribution is 5.78. The number of rotatable bonds is 4. The highest BCUT2D eigenvalue weighted by Gasteiger charge is 2.02. The molecule has 0 aromatic carbocycles. The van der Waals surface area contributed by atoms with Crippen LogP contribution in [0.5, 0.6) is 0 Å². The number of ketones is 1. The number of hydrogen-bond donors (Lipinski definition) is 0. The minimum absolute atomic E-state index is 0.218. The van der Waals surface area contributed by atoms with Gasteiger partial charge in [0.05, 0.1) is 0 Å². The molecule has 0 saturated heterocycles. The van der Waals surface area contributed by atoms with Gasteiger partial charge in [0.15, 0.2) is 0 Å². The maximum absolute atomic E-state index is 10.8. The van der Waals surface area contributed by atoms with Gasteiger partial charge in [-0.25, -0.2) is 0 Å². The zero-order chi connectivity index (χ0) is 9.72. The molecule has 0 aromatic heterocycles. The van der Waals surface area contributed by atoms with Crippen molar-refractivity contribution >= 4 is 5.78 Å². The molecule has 0 saturated carbocycles. The molecule has 0 radical (unpaired) electrons. The van der Waals surface area contributed by atoms with Crippen LogP contribution in [0.4, 0.5) is 0 Å². The van der Waals surface area contributed by atoms with Gasteiger partial charge in [-0.05, 0) is 32.8 Å². The van der Waals surface area contributed by atoms with Gasteiger partial charge in [0.25, 0.3) is 0 Å². The summed E-state index contributed by atoms with van der Waals surface area (Å²) in [4.78, 5) is 10.8. The maximum Gasteiger partial charge on any atom is 0.133 e. The van der Waals surface area contributed by atoms with Crippen LogP contribution in [0.1, 0.15) is 40.5 Å². The fourth-order valence-electron chi connectivity index (χ4n) is 1.07. The summed E-state index contributed by atoms with van der Waals surface area (Å²) < 4.78 is 0. The Bertz CT molecular complexity index is 221.